The van der Waals surface area contributed by atoms with E-state index in [1.54, 1.807) is 0 Å². The summed E-state index contributed by atoms with van der Waals surface area (Å²) in [5, 5.41) is 3.00. The Morgan fingerprint density at radius 3 is 2.65 bits per heavy atom. The van der Waals surface area contributed by atoms with Gasteiger partial charge < -0.3 is 10.2 Å². The molecule has 134 valence electrons. The van der Waals surface area contributed by atoms with Gasteiger partial charge in [-0.25, -0.2) is 0 Å². The van der Waals surface area contributed by atoms with Crippen molar-refractivity contribution in [3.63, 3.8) is 0 Å². The number of carbonyl (C=O) groups excluding carboxylic acids is 2. The molecule has 0 spiro atoms. The van der Waals surface area contributed by atoms with Gasteiger partial charge in [0, 0.05) is 30.3 Å². The maximum absolute atomic E-state index is 12.5. The second kappa shape index (κ2) is 7.32. The molecular weight excluding hydrogens is 324 g/mol. The number of benzene rings is 2. The second-order valence-corrected chi connectivity index (χ2v) is 7.24. The van der Waals surface area contributed by atoms with Gasteiger partial charge in [-0.3, -0.25) is 9.59 Å². The Morgan fingerprint density at radius 2 is 1.88 bits per heavy atom. The van der Waals surface area contributed by atoms with Gasteiger partial charge >= 0.3 is 0 Å². The number of aryl methyl sites for hydroxylation is 2. The minimum absolute atomic E-state index is 0.0236. The molecule has 4 heteroatoms. The number of anilines is 2. The molecule has 0 bridgehead atoms. The number of fused-ring (bicyclic) bond motifs is 1. The molecule has 1 fully saturated rings. The first-order chi connectivity index (χ1) is 12.7. The van der Waals surface area contributed by atoms with E-state index in [1.807, 2.05) is 53.4 Å². The number of carbonyl (C=O) groups is 2. The Bertz CT molecular complexity index is 812. The zero-order valence-corrected chi connectivity index (χ0v) is 14.9. The van der Waals surface area contributed by atoms with E-state index in [4.69, 9.17) is 0 Å². The molecule has 0 aromatic heterocycles. The zero-order chi connectivity index (χ0) is 17.9. The molecule has 1 aliphatic carbocycles. The van der Waals surface area contributed by atoms with Crippen molar-refractivity contribution in [2.24, 2.45) is 5.92 Å². The van der Waals surface area contributed by atoms with Crippen LogP contribution >= 0.6 is 0 Å². The Labute approximate surface area is 154 Å². The van der Waals surface area contributed by atoms with Crippen LogP contribution in [0.4, 0.5) is 11.4 Å². The number of amides is 2. The lowest BCUT2D eigenvalue weighted by molar-refractivity contribution is -0.120. The lowest BCUT2D eigenvalue weighted by atomic mass is 10.00. The fourth-order valence-corrected chi connectivity index (χ4v) is 3.58. The molecule has 1 aliphatic heterocycles. The van der Waals surface area contributed by atoms with Crippen molar-refractivity contribution in [2.75, 3.05) is 16.8 Å². The van der Waals surface area contributed by atoms with Crippen LogP contribution in [0, 0.1) is 5.92 Å². The maximum Gasteiger partial charge on any atom is 0.230 e. The Morgan fingerprint density at radius 1 is 1.08 bits per heavy atom. The molecule has 1 heterocycles. The molecule has 4 nitrogen and oxygen atoms in total. The third-order valence-corrected chi connectivity index (χ3v) is 5.16. The van der Waals surface area contributed by atoms with Crippen molar-refractivity contribution in [2.45, 2.75) is 38.5 Å². The van der Waals surface area contributed by atoms with Gasteiger partial charge in [0.2, 0.25) is 11.8 Å². The lowest BCUT2D eigenvalue weighted by Gasteiger charge is -2.30. The minimum Gasteiger partial charge on any atom is -0.326 e. The topological polar surface area (TPSA) is 49.4 Å². The monoisotopic (exact) mass is 348 g/mol. The predicted octanol–water partition coefficient (Wildman–Crippen LogP) is 3.95. The molecular formula is C22H24N2O2. The molecule has 0 radical (unpaired) electrons. The minimum atomic E-state index is 0.0236. The first-order valence-corrected chi connectivity index (χ1v) is 9.49. The third kappa shape index (κ3) is 3.79. The lowest BCUT2D eigenvalue weighted by Crippen LogP contribution is -2.36. The summed E-state index contributed by atoms with van der Waals surface area (Å²) < 4.78 is 0. The quantitative estimate of drug-likeness (QED) is 0.889. The van der Waals surface area contributed by atoms with Crippen molar-refractivity contribution in [1.82, 2.24) is 0 Å². The fraction of sp³-hybridized carbons (Fsp3) is 0.364. The van der Waals surface area contributed by atoms with Crippen LogP contribution in [0.25, 0.3) is 0 Å². The standard InChI is InChI=1S/C22H24N2O2/c25-21(13-8-16-5-2-1-3-6-16)23-19-11-12-20-18(15-19)7-4-14-24(20)22(26)17-9-10-17/h1-3,5-6,11-12,15,17H,4,7-10,13-14H2,(H,23,25). The molecule has 2 aromatic carbocycles. The van der Waals surface area contributed by atoms with Crippen LogP contribution in [0.1, 0.15) is 36.8 Å². The average molecular weight is 348 g/mol. The van der Waals surface area contributed by atoms with Crippen molar-refractivity contribution in [1.29, 1.82) is 0 Å². The average Bonchev–Trinajstić information content (AvgIpc) is 3.51. The Balaban J connectivity index is 1.40. The number of nitrogens with zero attached hydrogens (tertiary/aromatic N) is 1. The van der Waals surface area contributed by atoms with Gasteiger partial charge in [-0.2, -0.15) is 0 Å². The van der Waals surface area contributed by atoms with E-state index >= 15 is 0 Å². The summed E-state index contributed by atoms with van der Waals surface area (Å²) in [6.45, 7) is 0.811. The number of hydrogen-bond acceptors (Lipinski definition) is 2. The predicted molar refractivity (Wildman–Crippen MR) is 103 cm³/mol. The van der Waals surface area contributed by atoms with Crippen molar-refractivity contribution < 1.29 is 9.59 Å². The third-order valence-electron chi connectivity index (χ3n) is 5.16. The summed E-state index contributed by atoms with van der Waals surface area (Å²) in [6, 6.07) is 16.0. The number of rotatable bonds is 5. The summed E-state index contributed by atoms with van der Waals surface area (Å²) in [5.41, 5.74) is 4.17. The van der Waals surface area contributed by atoms with E-state index in [0.29, 0.717) is 6.42 Å². The highest BCUT2D eigenvalue weighted by Gasteiger charge is 2.35. The van der Waals surface area contributed by atoms with Crippen LogP contribution in [-0.2, 0) is 22.4 Å². The van der Waals surface area contributed by atoms with Crippen LogP contribution in [0.2, 0.25) is 0 Å². The summed E-state index contributed by atoms with van der Waals surface area (Å²) in [6.07, 6.45) is 5.20. The molecule has 0 atom stereocenters. The molecule has 2 amide bonds. The molecule has 0 unspecified atom stereocenters. The largest absolute Gasteiger partial charge is 0.326 e. The van der Waals surface area contributed by atoms with E-state index in [1.165, 1.54) is 5.56 Å². The molecule has 1 saturated carbocycles. The molecule has 1 N–H and O–H groups in total. The zero-order valence-electron chi connectivity index (χ0n) is 14.9. The maximum atomic E-state index is 12.5. The van der Waals surface area contributed by atoms with E-state index < -0.39 is 0 Å². The van der Waals surface area contributed by atoms with Gasteiger partial charge in [-0.05, 0) is 61.4 Å². The van der Waals surface area contributed by atoms with Crippen molar-refractivity contribution >= 4 is 23.2 Å². The first-order valence-electron chi connectivity index (χ1n) is 9.49. The van der Waals surface area contributed by atoms with E-state index in [9.17, 15) is 9.59 Å². The van der Waals surface area contributed by atoms with Crippen LogP contribution in [-0.4, -0.2) is 18.4 Å². The van der Waals surface area contributed by atoms with Crippen LogP contribution in [0.5, 0.6) is 0 Å². The molecule has 2 aromatic rings. The van der Waals surface area contributed by atoms with Gasteiger partial charge in [0.15, 0.2) is 0 Å². The highest BCUT2D eigenvalue weighted by molar-refractivity contribution is 5.98. The fourth-order valence-electron chi connectivity index (χ4n) is 3.58. The Kier molecular flexibility index (Phi) is 4.74. The van der Waals surface area contributed by atoms with Gasteiger partial charge in [0.1, 0.15) is 0 Å². The number of hydrogen-bond donors (Lipinski definition) is 1. The van der Waals surface area contributed by atoms with Crippen LogP contribution in [0.3, 0.4) is 0 Å². The second-order valence-electron chi connectivity index (χ2n) is 7.24. The summed E-state index contributed by atoms with van der Waals surface area (Å²) in [5.74, 6) is 0.527. The number of nitrogens with one attached hydrogen (secondary N) is 1. The molecule has 2 aliphatic rings. The summed E-state index contributed by atoms with van der Waals surface area (Å²) >= 11 is 0. The Hall–Kier alpha value is -2.62. The highest BCUT2D eigenvalue weighted by Crippen LogP contribution is 2.36. The van der Waals surface area contributed by atoms with Crippen LogP contribution in [0.15, 0.2) is 48.5 Å². The first kappa shape index (κ1) is 16.8. The van der Waals surface area contributed by atoms with Crippen molar-refractivity contribution in [3.8, 4) is 0 Å². The van der Waals surface area contributed by atoms with Crippen LogP contribution < -0.4 is 10.2 Å². The summed E-state index contributed by atoms with van der Waals surface area (Å²) in [7, 11) is 0. The van der Waals surface area contributed by atoms with Gasteiger partial charge in [-0.15, -0.1) is 0 Å². The molecule has 0 saturated heterocycles. The van der Waals surface area contributed by atoms with Gasteiger partial charge in [-0.1, -0.05) is 30.3 Å². The van der Waals surface area contributed by atoms with E-state index in [0.717, 1.165) is 55.6 Å². The normalized spacial score (nSPS) is 16.1. The smallest absolute Gasteiger partial charge is 0.230 e. The van der Waals surface area contributed by atoms with E-state index in [2.05, 4.69) is 5.32 Å². The molecule has 4 rings (SSSR count). The van der Waals surface area contributed by atoms with Gasteiger partial charge in [0.05, 0.1) is 0 Å². The van der Waals surface area contributed by atoms with Crippen molar-refractivity contribution in [3.05, 3.63) is 59.7 Å². The molecule has 26 heavy (non-hydrogen) atoms. The SMILES string of the molecule is O=C(CCc1ccccc1)Nc1ccc2c(c1)CCCN2C(=O)C1CC1. The summed E-state index contributed by atoms with van der Waals surface area (Å²) in [4.78, 5) is 26.7. The van der Waals surface area contributed by atoms with E-state index in [-0.39, 0.29) is 17.7 Å². The highest BCUT2D eigenvalue weighted by atomic mass is 16.2. The van der Waals surface area contributed by atoms with Gasteiger partial charge in [0.25, 0.3) is 0 Å².